The van der Waals surface area contributed by atoms with Crippen LogP contribution < -0.4 is 5.73 Å². The molecule has 0 bridgehead atoms. The van der Waals surface area contributed by atoms with Gasteiger partial charge in [-0.2, -0.15) is 0 Å². The highest BCUT2D eigenvalue weighted by atomic mass is 35.5. The molecule has 1 saturated heterocycles. The number of hydrogen-bond acceptors (Lipinski definition) is 4. The number of rotatable bonds is 2. The lowest BCUT2D eigenvalue weighted by Gasteiger charge is -2.32. The van der Waals surface area contributed by atoms with E-state index in [2.05, 4.69) is 9.97 Å². The molecule has 132 valence electrons. The van der Waals surface area contributed by atoms with E-state index in [0.29, 0.717) is 18.1 Å². The van der Waals surface area contributed by atoms with Gasteiger partial charge >= 0.3 is 0 Å². The van der Waals surface area contributed by atoms with Gasteiger partial charge in [-0.15, -0.1) is 0 Å². The average molecular weight is 367 g/mol. The summed E-state index contributed by atoms with van der Waals surface area (Å²) in [5.41, 5.74) is 8.37. The van der Waals surface area contributed by atoms with Crippen LogP contribution in [0.15, 0.2) is 48.5 Å². The van der Waals surface area contributed by atoms with Crippen molar-refractivity contribution in [2.75, 3.05) is 18.8 Å². The number of piperidine rings is 1. The van der Waals surface area contributed by atoms with Crippen LogP contribution in [0.25, 0.3) is 10.9 Å². The Morgan fingerprint density at radius 1 is 1.08 bits per heavy atom. The molecule has 2 N–H and O–H groups in total. The van der Waals surface area contributed by atoms with Gasteiger partial charge in [0.05, 0.1) is 11.2 Å². The van der Waals surface area contributed by atoms with Gasteiger partial charge in [-0.05, 0) is 43.2 Å². The smallest absolute Gasteiger partial charge is 0.253 e. The van der Waals surface area contributed by atoms with Crippen LogP contribution in [0.3, 0.4) is 0 Å². The van der Waals surface area contributed by atoms with Crippen molar-refractivity contribution in [3.05, 3.63) is 64.8 Å². The van der Waals surface area contributed by atoms with E-state index in [1.54, 1.807) is 6.07 Å². The molecule has 0 atom stereocenters. The maximum atomic E-state index is 12.6. The fourth-order valence-corrected chi connectivity index (χ4v) is 3.75. The molecule has 0 radical (unpaired) electrons. The van der Waals surface area contributed by atoms with Crippen molar-refractivity contribution in [1.29, 1.82) is 0 Å². The summed E-state index contributed by atoms with van der Waals surface area (Å²) in [6, 6.07) is 15.0. The Kier molecular flexibility index (Phi) is 4.47. The largest absolute Gasteiger partial charge is 0.368 e. The Morgan fingerprint density at radius 2 is 1.81 bits per heavy atom. The average Bonchev–Trinajstić information content (AvgIpc) is 2.68. The highest BCUT2D eigenvalue weighted by molar-refractivity contribution is 6.31. The van der Waals surface area contributed by atoms with Crippen molar-refractivity contribution in [3.8, 4) is 0 Å². The Labute approximate surface area is 156 Å². The van der Waals surface area contributed by atoms with E-state index in [1.165, 1.54) is 0 Å². The standard InChI is InChI=1S/C20H19ClN4O/c21-15-6-7-17-16(12-15)18(24-20(22)23-17)13-8-10-25(11-9-13)19(26)14-4-2-1-3-5-14/h1-7,12-13H,8-11H2,(H2,22,23,24). The summed E-state index contributed by atoms with van der Waals surface area (Å²) < 4.78 is 0. The Bertz CT molecular complexity index is 953. The van der Waals surface area contributed by atoms with E-state index in [0.717, 1.165) is 35.0 Å². The predicted octanol–water partition coefficient (Wildman–Crippen LogP) is 3.89. The number of benzene rings is 2. The number of halogens is 1. The van der Waals surface area contributed by atoms with E-state index < -0.39 is 0 Å². The molecule has 0 spiro atoms. The number of fused-ring (bicyclic) bond motifs is 1. The second kappa shape index (κ2) is 6.92. The van der Waals surface area contributed by atoms with E-state index in [-0.39, 0.29) is 17.8 Å². The predicted molar refractivity (Wildman–Crippen MR) is 103 cm³/mol. The van der Waals surface area contributed by atoms with Crippen LogP contribution in [0.2, 0.25) is 5.02 Å². The number of nitrogen functional groups attached to an aromatic ring is 1. The molecule has 0 saturated carbocycles. The first-order chi connectivity index (χ1) is 12.6. The van der Waals surface area contributed by atoms with E-state index >= 15 is 0 Å². The van der Waals surface area contributed by atoms with Crippen LogP contribution >= 0.6 is 11.6 Å². The number of amides is 1. The minimum atomic E-state index is 0.0825. The van der Waals surface area contributed by atoms with Crippen LogP contribution in [-0.2, 0) is 0 Å². The molecule has 1 aliphatic heterocycles. The molecule has 4 rings (SSSR count). The summed E-state index contributed by atoms with van der Waals surface area (Å²) in [5.74, 6) is 0.595. The molecule has 0 aliphatic carbocycles. The summed E-state index contributed by atoms with van der Waals surface area (Å²) in [6.07, 6.45) is 1.69. The van der Waals surface area contributed by atoms with Crippen molar-refractivity contribution >= 4 is 34.4 Å². The van der Waals surface area contributed by atoms with Gasteiger partial charge < -0.3 is 10.6 Å². The minimum Gasteiger partial charge on any atom is -0.368 e. The number of hydrogen-bond donors (Lipinski definition) is 1. The van der Waals surface area contributed by atoms with Crippen LogP contribution in [-0.4, -0.2) is 33.9 Å². The molecule has 6 heteroatoms. The van der Waals surface area contributed by atoms with Crippen molar-refractivity contribution < 1.29 is 4.79 Å². The summed E-state index contributed by atoms with van der Waals surface area (Å²) in [5, 5.41) is 1.60. The monoisotopic (exact) mass is 366 g/mol. The molecule has 5 nitrogen and oxygen atoms in total. The molecule has 3 aromatic rings. The minimum absolute atomic E-state index is 0.0825. The zero-order valence-electron chi connectivity index (χ0n) is 14.2. The third kappa shape index (κ3) is 3.22. The SMILES string of the molecule is Nc1nc(C2CCN(C(=O)c3ccccc3)CC2)c2cc(Cl)ccc2n1. The Morgan fingerprint density at radius 3 is 2.54 bits per heavy atom. The zero-order chi connectivity index (χ0) is 18.1. The molecule has 1 aromatic heterocycles. The Balaban J connectivity index is 1.56. The topological polar surface area (TPSA) is 72.1 Å². The van der Waals surface area contributed by atoms with Crippen molar-refractivity contribution in [2.24, 2.45) is 0 Å². The van der Waals surface area contributed by atoms with Gasteiger partial charge in [0.2, 0.25) is 5.95 Å². The van der Waals surface area contributed by atoms with Gasteiger partial charge in [0.15, 0.2) is 0 Å². The lowest BCUT2D eigenvalue weighted by molar-refractivity contribution is 0.0712. The van der Waals surface area contributed by atoms with Gasteiger partial charge in [-0.25, -0.2) is 9.97 Å². The molecule has 1 amide bonds. The molecule has 1 aliphatic rings. The van der Waals surface area contributed by atoms with E-state index in [4.69, 9.17) is 17.3 Å². The van der Waals surface area contributed by atoms with Crippen molar-refractivity contribution in [2.45, 2.75) is 18.8 Å². The number of carbonyl (C=O) groups is 1. The number of aromatic nitrogens is 2. The normalized spacial score (nSPS) is 15.3. The van der Waals surface area contributed by atoms with Gasteiger partial charge in [0, 0.05) is 35.0 Å². The van der Waals surface area contributed by atoms with E-state index in [1.807, 2.05) is 47.4 Å². The first-order valence-electron chi connectivity index (χ1n) is 8.69. The summed E-state index contributed by atoms with van der Waals surface area (Å²) in [7, 11) is 0. The van der Waals surface area contributed by atoms with Gasteiger partial charge in [0.25, 0.3) is 5.91 Å². The number of nitrogens with zero attached hydrogens (tertiary/aromatic N) is 3. The van der Waals surface area contributed by atoms with Crippen molar-refractivity contribution in [3.63, 3.8) is 0 Å². The van der Waals surface area contributed by atoms with Crippen molar-refractivity contribution in [1.82, 2.24) is 14.9 Å². The number of carbonyl (C=O) groups excluding carboxylic acids is 1. The van der Waals surface area contributed by atoms with Gasteiger partial charge in [-0.3, -0.25) is 4.79 Å². The lowest BCUT2D eigenvalue weighted by atomic mass is 9.90. The zero-order valence-corrected chi connectivity index (χ0v) is 15.0. The van der Waals surface area contributed by atoms with Gasteiger partial charge in [-0.1, -0.05) is 29.8 Å². The summed E-state index contributed by atoms with van der Waals surface area (Å²) >= 11 is 6.16. The van der Waals surface area contributed by atoms with E-state index in [9.17, 15) is 4.79 Å². The maximum Gasteiger partial charge on any atom is 0.253 e. The third-order valence-electron chi connectivity index (χ3n) is 4.89. The molecule has 26 heavy (non-hydrogen) atoms. The lowest BCUT2D eigenvalue weighted by Crippen LogP contribution is -2.38. The molecular formula is C20H19ClN4O. The molecule has 2 aromatic carbocycles. The third-order valence-corrected chi connectivity index (χ3v) is 5.13. The second-order valence-corrected chi connectivity index (χ2v) is 7.00. The highest BCUT2D eigenvalue weighted by Gasteiger charge is 2.27. The molecular weight excluding hydrogens is 348 g/mol. The molecule has 2 heterocycles. The number of likely N-dealkylation sites (tertiary alicyclic amines) is 1. The summed E-state index contributed by atoms with van der Waals surface area (Å²) in [6.45, 7) is 1.40. The summed E-state index contributed by atoms with van der Waals surface area (Å²) in [4.78, 5) is 23.3. The molecule has 0 unspecified atom stereocenters. The quantitative estimate of drug-likeness (QED) is 0.746. The number of anilines is 1. The first-order valence-corrected chi connectivity index (χ1v) is 9.06. The van der Waals surface area contributed by atoms with Crippen LogP contribution in [0.4, 0.5) is 5.95 Å². The fraction of sp³-hybridized carbons (Fsp3) is 0.250. The molecule has 1 fully saturated rings. The fourth-order valence-electron chi connectivity index (χ4n) is 3.57. The second-order valence-electron chi connectivity index (χ2n) is 6.56. The van der Waals surface area contributed by atoms with Crippen LogP contribution in [0.1, 0.15) is 34.8 Å². The van der Waals surface area contributed by atoms with Gasteiger partial charge in [0.1, 0.15) is 0 Å². The first kappa shape index (κ1) is 16.8. The number of nitrogens with two attached hydrogens (primary N) is 1. The van der Waals surface area contributed by atoms with Crippen LogP contribution in [0, 0.1) is 0 Å². The highest BCUT2D eigenvalue weighted by Crippen LogP contribution is 2.33. The maximum absolute atomic E-state index is 12.6. The Hall–Kier alpha value is -2.66. The van der Waals surface area contributed by atoms with Crippen LogP contribution in [0.5, 0.6) is 0 Å².